The first kappa shape index (κ1) is 11.9. The molecule has 92 valence electrons. The molecule has 5 heteroatoms. The molecule has 5 nitrogen and oxygen atoms in total. The van der Waals surface area contributed by atoms with E-state index in [9.17, 15) is 9.59 Å². The molecule has 0 aliphatic carbocycles. The van der Waals surface area contributed by atoms with Gasteiger partial charge >= 0.3 is 0 Å². The predicted octanol–water partition coefficient (Wildman–Crippen LogP) is 0.887. The Labute approximate surface area is 104 Å². The first-order valence-electron chi connectivity index (χ1n) is 5.47. The topological polar surface area (TPSA) is 88.0 Å². The first-order chi connectivity index (χ1) is 8.65. The standard InChI is InChI=1S/C13H13N3O2/c14-10-6-4-9(5-7-10)8-15-13(18)11-2-1-3-12(17)16-11/h1-7H,8,14H2,(H,15,18)(H,16,17). The van der Waals surface area contributed by atoms with E-state index in [0.717, 1.165) is 5.56 Å². The lowest BCUT2D eigenvalue weighted by Gasteiger charge is -2.05. The van der Waals surface area contributed by atoms with Gasteiger partial charge in [-0.15, -0.1) is 0 Å². The number of H-pyrrole nitrogens is 1. The molecule has 0 aliphatic rings. The van der Waals surface area contributed by atoms with E-state index in [0.29, 0.717) is 12.2 Å². The Bertz CT molecular complexity index is 602. The second kappa shape index (κ2) is 5.18. The van der Waals surface area contributed by atoms with Gasteiger partial charge in [0.2, 0.25) is 5.56 Å². The molecule has 0 fully saturated rings. The maximum Gasteiger partial charge on any atom is 0.268 e. The molecule has 2 rings (SSSR count). The number of hydrogen-bond donors (Lipinski definition) is 3. The Morgan fingerprint density at radius 3 is 2.56 bits per heavy atom. The van der Waals surface area contributed by atoms with Gasteiger partial charge in [-0.3, -0.25) is 9.59 Å². The predicted molar refractivity (Wildman–Crippen MR) is 69.1 cm³/mol. The second-order valence-electron chi connectivity index (χ2n) is 3.85. The van der Waals surface area contributed by atoms with Crippen LogP contribution in [0.4, 0.5) is 5.69 Å². The highest BCUT2D eigenvalue weighted by atomic mass is 16.2. The van der Waals surface area contributed by atoms with Crippen molar-refractivity contribution in [1.82, 2.24) is 10.3 Å². The molecule has 18 heavy (non-hydrogen) atoms. The molecule has 0 saturated carbocycles. The molecule has 1 amide bonds. The minimum atomic E-state index is -0.315. The molecular weight excluding hydrogens is 230 g/mol. The monoisotopic (exact) mass is 243 g/mol. The quantitative estimate of drug-likeness (QED) is 0.699. The number of nitrogens with two attached hydrogens (primary N) is 1. The number of pyridine rings is 1. The van der Waals surface area contributed by atoms with Crippen LogP contribution >= 0.6 is 0 Å². The zero-order chi connectivity index (χ0) is 13.0. The molecule has 1 aromatic carbocycles. The molecule has 0 bridgehead atoms. The van der Waals surface area contributed by atoms with Crippen molar-refractivity contribution >= 4 is 11.6 Å². The van der Waals surface area contributed by atoms with Crippen molar-refractivity contribution in [2.75, 3.05) is 5.73 Å². The maximum absolute atomic E-state index is 11.7. The number of anilines is 1. The average molecular weight is 243 g/mol. The molecule has 0 saturated heterocycles. The molecule has 1 heterocycles. The van der Waals surface area contributed by atoms with E-state index in [1.807, 2.05) is 12.1 Å². The number of nitrogens with one attached hydrogen (secondary N) is 2. The number of carbonyl (C=O) groups excluding carboxylic acids is 1. The summed E-state index contributed by atoms with van der Waals surface area (Å²) in [5, 5.41) is 2.71. The van der Waals surface area contributed by atoms with E-state index in [1.54, 1.807) is 18.2 Å². The van der Waals surface area contributed by atoms with Gasteiger partial charge in [-0.25, -0.2) is 0 Å². The lowest BCUT2D eigenvalue weighted by Crippen LogP contribution is -2.25. The van der Waals surface area contributed by atoms with Gasteiger partial charge in [-0.05, 0) is 23.8 Å². The summed E-state index contributed by atoms with van der Waals surface area (Å²) in [6.45, 7) is 0.385. The summed E-state index contributed by atoms with van der Waals surface area (Å²) in [6, 6.07) is 11.7. The number of carbonyl (C=O) groups is 1. The lowest BCUT2D eigenvalue weighted by atomic mass is 10.2. The van der Waals surface area contributed by atoms with Gasteiger partial charge in [0.05, 0.1) is 0 Å². The van der Waals surface area contributed by atoms with Crippen LogP contribution in [-0.4, -0.2) is 10.9 Å². The number of nitrogen functional groups attached to an aromatic ring is 1. The number of amides is 1. The van der Waals surface area contributed by atoms with Crippen LogP contribution in [0.25, 0.3) is 0 Å². The average Bonchev–Trinajstić information content (AvgIpc) is 2.38. The van der Waals surface area contributed by atoms with Crippen LogP contribution < -0.4 is 16.6 Å². The lowest BCUT2D eigenvalue weighted by molar-refractivity contribution is 0.0945. The third-order valence-corrected chi connectivity index (χ3v) is 2.45. The van der Waals surface area contributed by atoms with Crippen LogP contribution in [0, 0.1) is 0 Å². The summed E-state index contributed by atoms with van der Waals surface area (Å²) in [4.78, 5) is 25.3. The fraction of sp³-hybridized carbons (Fsp3) is 0.0769. The highest BCUT2D eigenvalue weighted by Crippen LogP contribution is 2.05. The molecule has 4 N–H and O–H groups in total. The van der Waals surface area contributed by atoms with Gasteiger partial charge in [0.25, 0.3) is 5.91 Å². The van der Waals surface area contributed by atoms with Crippen LogP contribution in [-0.2, 0) is 6.54 Å². The van der Waals surface area contributed by atoms with Crippen molar-refractivity contribution in [3.8, 4) is 0 Å². The largest absolute Gasteiger partial charge is 0.399 e. The van der Waals surface area contributed by atoms with Gasteiger partial charge < -0.3 is 16.0 Å². The molecule has 0 radical (unpaired) electrons. The highest BCUT2D eigenvalue weighted by molar-refractivity contribution is 5.92. The summed E-state index contributed by atoms with van der Waals surface area (Å²) in [7, 11) is 0. The van der Waals surface area contributed by atoms with Crippen molar-refractivity contribution in [3.05, 3.63) is 64.1 Å². The number of aromatic amines is 1. The maximum atomic E-state index is 11.7. The number of rotatable bonds is 3. The van der Waals surface area contributed by atoms with Gasteiger partial charge in [-0.2, -0.15) is 0 Å². The van der Waals surface area contributed by atoms with E-state index in [4.69, 9.17) is 5.73 Å². The third-order valence-electron chi connectivity index (χ3n) is 2.45. The Morgan fingerprint density at radius 1 is 1.17 bits per heavy atom. The SMILES string of the molecule is Nc1ccc(CNC(=O)c2cccc(=O)[nH]2)cc1. The van der Waals surface area contributed by atoms with Crippen molar-refractivity contribution < 1.29 is 4.79 Å². The van der Waals surface area contributed by atoms with Gasteiger partial charge in [0.1, 0.15) is 5.69 Å². The summed E-state index contributed by atoms with van der Waals surface area (Å²) in [5.41, 5.74) is 7.13. The Kier molecular flexibility index (Phi) is 3.43. The summed E-state index contributed by atoms with van der Waals surface area (Å²) < 4.78 is 0. The highest BCUT2D eigenvalue weighted by Gasteiger charge is 2.05. The molecule has 0 aliphatic heterocycles. The van der Waals surface area contributed by atoms with E-state index < -0.39 is 0 Å². The second-order valence-corrected chi connectivity index (χ2v) is 3.85. The van der Waals surface area contributed by atoms with Gasteiger partial charge in [0, 0.05) is 18.3 Å². The first-order valence-corrected chi connectivity index (χ1v) is 5.47. The summed E-state index contributed by atoms with van der Waals surface area (Å²) in [5.74, 6) is -0.315. The number of hydrogen-bond acceptors (Lipinski definition) is 3. The Balaban J connectivity index is 2.00. The van der Waals surface area contributed by atoms with Crippen LogP contribution in [0.3, 0.4) is 0 Å². The Morgan fingerprint density at radius 2 is 1.89 bits per heavy atom. The zero-order valence-corrected chi connectivity index (χ0v) is 9.64. The van der Waals surface area contributed by atoms with Crippen molar-refractivity contribution in [3.63, 3.8) is 0 Å². The summed E-state index contributed by atoms with van der Waals surface area (Å²) in [6.07, 6.45) is 0. The van der Waals surface area contributed by atoms with Crippen LogP contribution in [0.1, 0.15) is 16.1 Å². The minimum Gasteiger partial charge on any atom is -0.399 e. The van der Waals surface area contributed by atoms with E-state index in [1.165, 1.54) is 12.1 Å². The van der Waals surface area contributed by atoms with E-state index >= 15 is 0 Å². The van der Waals surface area contributed by atoms with Crippen molar-refractivity contribution in [2.45, 2.75) is 6.54 Å². The van der Waals surface area contributed by atoms with E-state index in [2.05, 4.69) is 10.3 Å². The fourth-order valence-electron chi connectivity index (χ4n) is 1.49. The molecular formula is C13H13N3O2. The molecule has 0 atom stereocenters. The molecule has 2 aromatic rings. The number of benzene rings is 1. The zero-order valence-electron chi connectivity index (χ0n) is 9.64. The van der Waals surface area contributed by atoms with Crippen LogP contribution in [0.5, 0.6) is 0 Å². The Hall–Kier alpha value is -2.56. The third kappa shape index (κ3) is 2.98. The van der Waals surface area contributed by atoms with Gasteiger partial charge in [0.15, 0.2) is 0 Å². The smallest absolute Gasteiger partial charge is 0.268 e. The van der Waals surface area contributed by atoms with Crippen LogP contribution in [0.2, 0.25) is 0 Å². The molecule has 0 unspecified atom stereocenters. The van der Waals surface area contributed by atoms with Crippen molar-refractivity contribution in [1.29, 1.82) is 0 Å². The normalized spacial score (nSPS) is 10.0. The molecule has 1 aromatic heterocycles. The summed E-state index contributed by atoms with van der Waals surface area (Å²) >= 11 is 0. The minimum absolute atomic E-state index is 0.248. The fourth-order valence-corrected chi connectivity index (χ4v) is 1.49. The van der Waals surface area contributed by atoms with E-state index in [-0.39, 0.29) is 17.2 Å². The van der Waals surface area contributed by atoms with Crippen LogP contribution in [0.15, 0.2) is 47.3 Å². The number of aromatic nitrogens is 1. The molecule has 0 spiro atoms. The van der Waals surface area contributed by atoms with Gasteiger partial charge in [-0.1, -0.05) is 18.2 Å². The van der Waals surface area contributed by atoms with Crippen molar-refractivity contribution in [2.24, 2.45) is 0 Å².